The highest BCUT2D eigenvalue weighted by molar-refractivity contribution is 7.92. The van der Waals surface area contributed by atoms with E-state index in [1.54, 1.807) is 24.1 Å². The van der Waals surface area contributed by atoms with Crippen LogP contribution in [0, 0.1) is 12.7 Å². The molecule has 2 N–H and O–H groups in total. The zero-order valence-corrected chi connectivity index (χ0v) is 17.7. The second kappa shape index (κ2) is 7.29. The van der Waals surface area contributed by atoms with Gasteiger partial charge in [-0.2, -0.15) is 0 Å². The molecule has 6 rings (SSSR count). The summed E-state index contributed by atoms with van der Waals surface area (Å²) < 4.78 is 45.8. The van der Waals surface area contributed by atoms with Gasteiger partial charge in [-0.3, -0.25) is 0 Å². The molecular weight excluding hydrogens is 437 g/mol. The SMILES string of the molecule is C=CS(=O)(=O)N1C2CN1C2c1ncnc(N)c1-c1ccc(Oc2nccc(C)n2)c(F)c1. The molecule has 3 aliphatic heterocycles. The van der Waals surface area contributed by atoms with E-state index in [-0.39, 0.29) is 29.7 Å². The molecule has 1 aromatic carbocycles. The second-order valence-corrected chi connectivity index (χ2v) is 9.10. The highest BCUT2D eigenvalue weighted by Crippen LogP contribution is 2.53. The number of anilines is 1. The van der Waals surface area contributed by atoms with Gasteiger partial charge in [-0.25, -0.2) is 37.8 Å². The summed E-state index contributed by atoms with van der Waals surface area (Å²) >= 11 is 0. The predicted molar refractivity (Wildman–Crippen MR) is 113 cm³/mol. The summed E-state index contributed by atoms with van der Waals surface area (Å²) in [6.45, 7) is 5.70. The lowest BCUT2D eigenvalue weighted by Gasteiger charge is -2.66. The van der Waals surface area contributed by atoms with Gasteiger partial charge in [-0.15, -0.1) is 4.41 Å². The first-order valence-corrected chi connectivity index (χ1v) is 11.1. The zero-order chi connectivity index (χ0) is 22.6. The van der Waals surface area contributed by atoms with Gasteiger partial charge >= 0.3 is 6.01 Å². The Hall–Kier alpha value is -3.48. The molecule has 5 heterocycles. The van der Waals surface area contributed by atoms with Crippen molar-refractivity contribution in [2.24, 2.45) is 0 Å². The smallest absolute Gasteiger partial charge is 0.322 e. The molecule has 3 aromatic rings. The summed E-state index contributed by atoms with van der Waals surface area (Å²) in [5, 5.41) is 2.56. The van der Waals surface area contributed by atoms with E-state index in [2.05, 4.69) is 26.5 Å². The summed E-state index contributed by atoms with van der Waals surface area (Å²) in [5.74, 6) is -0.526. The minimum Gasteiger partial charge on any atom is -0.421 e. The van der Waals surface area contributed by atoms with Crippen molar-refractivity contribution in [1.29, 1.82) is 0 Å². The lowest BCUT2D eigenvalue weighted by Crippen LogP contribution is -2.82. The van der Waals surface area contributed by atoms with Gasteiger partial charge in [0.05, 0.1) is 17.8 Å². The molecule has 3 aliphatic rings. The first-order chi connectivity index (χ1) is 15.3. The molecule has 12 heteroatoms. The molecule has 32 heavy (non-hydrogen) atoms. The maximum Gasteiger partial charge on any atom is 0.322 e. The molecule has 2 bridgehead atoms. The molecule has 0 amide bonds. The number of nitrogens with two attached hydrogens (primary N) is 1. The van der Waals surface area contributed by atoms with Crippen molar-refractivity contribution in [2.75, 3.05) is 12.3 Å². The van der Waals surface area contributed by atoms with Gasteiger partial charge in [-0.1, -0.05) is 12.6 Å². The average Bonchev–Trinajstić information content (AvgIpc) is 2.68. The van der Waals surface area contributed by atoms with Gasteiger partial charge in [0.2, 0.25) is 10.0 Å². The number of halogens is 1. The fraction of sp³-hybridized carbons (Fsp3) is 0.200. The molecule has 3 unspecified atom stereocenters. The number of benzene rings is 1. The van der Waals surface area contributed by atoms with E-state index in [9.17, 15) is 12.8 Å². The van der Waals surface area contributed by atoms with Crippen molar-refractivity contribution >= 4 is 15.8 Å². The molecule has 3 fully saturated rings. The van der Waals surface area contributed by atoms with Crippen LogP contribution in [0.5, 0.6) is 11.8 Å². The van der Waals surface area contributed by atoms with E-state index in [1.165, 1.54) is 29.1 Å². The van der Waals surface area contributed by atoms with Crippen LogP contribution in [0.3, 0.4) is 0 Å². The van der Waals surface area contributed by atoms with E-state index < -0.39 is 15.8 Å². The molecule has 3 atom stereocenters. The Kier molecular flexibility index (Phi) is 4.65. The standard InChI is InChI=1S/C20H18FN7O3S/c1-3-32(29,30)28-14-9-27(28)18(14)17-16(19(22)25-10-24-17)12-4-5-15(13(21)8-12)31-20-23-7-6-11(2)26-20/h3-8,10,14,18H,1,9H2,2H3,(H2,22,24,25). The molecule has 3 saturated heterocycles. The Morgan fingerprint density at radius 1 is 1.28 bits per heavy atom. The fourth-order valence-electron chi connectivity index (χ4n) is 3.86. The van der Waals surface area contributed by atoms with Gasteiger partial charge < -0.3 is 10.5 Å². The molecule has 10 nitrogen and oxygen atoms in total. The van der Waals surface area contributed by atoms with Crippen molar-refractivity contribution in [2.45, 2.75) is 19.0 Å². The predicted octanol–water partition coefficient (Wildman–Crippen LogP) is 2.18. The number of aromatic nitrogens is 4. The maximum absolute atomic E-state index is 14.9. The molecule has 0 aliphatic carbocycles. The number of aryl methyl sites for hydroxylation is 1. The van der Waals surface area contributed by atoms with Crippen LogP contribution in [0.4, 0.5) is 10.2 Å². The van der Waals surface area contributed by atoms with Crippen LogP contribution in [-0.2, 0) is 10.0 Å². The normalized spacial score (nSPS) is 22.0. The Labute approximate surface area is 183 Å². The van der Waals surface area contributed by atoms with E-state index in [0.717, 1.165) is 5.41 Å². The summed E-state index contributed by atoms with van der Waals surface area (Å²) in [4.78, 5) is 16.4. The van der Waals surface area contributed by atoms with Gasteiger partial charge in [0.15, 0.2) is 11.6 Å². The second-order valence-electron chi connectivity index (χ2n) is 7.37. The number of rotatable bonds is 6. The lowest BCUT2D eigenvalue weighted by atomic mass is 9.86. The Bertz CT molecular complexity index is 1340. The van der Waals surface area contributed by atoms with Crippen molar-refractivity contribution in [3.05, 3.63) is 66.0 Å². The molecular formula is C20H18FN7O3S. The highest BCUT2D eigenvalue weighted by atomic mass is 32.2. The van der Waals surface area contributed by atoms with E-state index in [1.807, 2.05) is 0 Å². The third-order valence-corrected chi connectivity index (χ3v) is 6.87. The minimum absolute atomic E-state index is 0.0331. The van der Waals surface area contributed by atoms with E-state index >= 15 is 0 Å². The number of sulfonamides is 1. The fourth-order valence-corrected chi connectivity index (χ4v) is 5.04. The summed E-state index contributed by atoms with van der Waals surface area (Å²) in [6.07, 6.45) is 2.83. The summed E-state index contributed by atoms with van der Waals surface area (Å²) in [7, 11) is -3.57. The number of nitrogens with zero attached hydrogens (tertiary/aromatic N) is 6. The van der Waals surface area contributed by atoms with Crippen LogP contribution in [0.1, 0.15) is 17.4 Å². The van der Waals surface area contributed by atoms with Crippen LogP contribution in [0.15, 0.2) is 48.8 Å². The number of nitrogen functional groups attached to an aromatic ring is 1. The molecule has 164 valence electrons. The highest BCUT2D eigenvalue weighted by Gasteiger charge is 2.64. The van der Waals surface area contributed by atoms with Gasteiger partial charge in [0.1, 0.15) is 12.1 Å². The number of hydrogen-bond donors (Lipinski definition) is 1. The number of hydrogen-bond acceptors (Lipinski definition) is 9. The molecule has 2 aromatic heterocycles. The van der Waals surface area contributed by atoms with E-state index in [0.29, 0.717) is 29.1 Å². The first-order valence-electron chi connectivity index (χ1n) is 9.61. The monoisotopic (exact) mass is 455 g/mol. The van der Waals surface area contributed by atoms with Gasteiger partial charge in [0, 0.05) is 29.4 Å². The molecule has 0 saturated carbocycles. The number of ether oxygens (including phenoxy) is 1. The Morgan fingerprint density at radius 2 is 2.06 bits per heavy atom. The first kappa shape index (κ1) is 20.4. The van der Waals surface area contributed by atoms with E-state index in [4.69, 9.17) is 10.5 Å². The minimum atomic E-state index is -3.57. The van der Waals surface area contributed by atoms with Crippen molar-refractivity contribution in [3.63, 3.8) is 0 Å². The topological polar surface area (TPSA) is 127 Å². The molecule has 0 radical (unpaired) electrons. The van der Waals surface area contributed by atoms with Crippen molar-refractivity contribution in [3.8, 4) is 22.9 Å². The third kappa shape index (κ3) is 3.11. The third-order valence-electron chi connectivity index (χ3n) is 5.45. The quantitative estimate of drug-likeness (QED) is 0.595. The van der Waals surface area contributed by atoms with Gasteiger partial charge in [0.25, 0.3) is 0 Å². The maximum atomic E-state index is 14.9. The van der Waals surface area contributed by atoms with Crippen molar-refractivity contribution in [1.82, 2.24) is 29.4 Å². The van der Waals surface area contributed by atoms with Crippen LogP contribution >= 0.6 is 0 Å². The largest absolute Gasteiger partial charge is 0.421 e. The lowest BCUT2D eigenvalue weighted by molar-refractivity contribution is -0.265. The Balaban J connectivity index is 1.46. The average molecular weight is 455 g/mol. The van der Waals surface area contributed by atoms with Gasteiger partial charge in [-0.05, 0) is 30.7 Å². The van der Waals surface area contributed by atoms with Crippen LogP contribution in [0.2, 0.25) is 0 Å². The zero-order valence-electron chi connectivity index (χ0n) is 16.9. The van der Waals surface area contributed by atoms with Crippen LogP contribution in [0.25, 0.3) is 11.1 Å². The summed E-state index contributed by atoms with van der Waals surface area (Å²) in [6, 6.07) is 5.48. The Morgan fingerprint density at radius 3 is 2.72 bits per heavy atom. The van der Waals surface area contributed by atoms with Crippen LogP contribution in [-0.4, -0.2) is 50.4 Å². The summed E-state index contributed by atoms with van der Waals surface area (Å²) in [5.41, 5.74) is 8.22. The molecule has 0 spiro atoms. The van der Waals surface area contributed by atoms with Crippen LogP contribution < -0.4 is 10.5 Å². The number of hydrazine groups is 1. The van der Waals surface area contributed by atoms with Crippen molar-refractivity contribution < 1.29 is 17.5 Å².